The SMILES string of the molecule is O=C1CC(C(=O)NCc2cccc(-c3nn[nH]n3)c2)C2(CCCC2)O1. The van der Waals surface area contributed by atoms with Crippen LogP contribution in [-0.2, 0) is 20.9 Å². The Morgan fingerprint density at radius 1 is 1.36 bits per heavy atom. The minimum Gasteiger partial charge on any atom is -0.458 e. The molecule has 8 nitrogen and oxygen atoms in total. The summed E-state index contributed by atoms with van der Waals surface area (Å²) in [6.07, 6.45) is 3.75. The van der Waals surface area contributed by atoms with Gasteiger partial charge in [-0.15, -0.1) is 10.2 Å². The van der Waals surface area contributed by atoms with E-state index in [1.54, 1.807) is 0 Å². The lowest BCUT2D eigenvalue weighted by molar-refractivity contribution is -0.149. The van der Waals surface area contributed by atoms with Gasteiger partial charge in [-0.2, -0.15) is 5.21 Å². The van der Waals surface area contributed by atoms with Crippen LogP contribution < -0.4 is 5.32 Å². The number of esters is 1. The third kappa shape index (κ3) is 2.99. The molecule has 2 N–H and O–H groups in total. The zero-order valence-corrected chi connectivity index (χ0v) is 13.7. The lowest BCUT2D eigenvalue weighted by Gasteiger charge is -2.27. The average Bonchev–Trinajstić information content (AvgIpc) is 3.35. The second-order valence-electron chi connectivity index (χ2n) is 6.66. The summed E-state index contributed by atoms with van der Waals surface area (Å²) in [5, 5.41) is 16.8. The van der Waals surface area contributed by atoms with Crippen LogP contribution in [0.15, 0.2) is 24.3 Å². The van der Waals surface area contributed by atoms with E-state index < -0.39 is 5.60 Å². The zero-order valence-electron chi connectivity index (χ0n) is 13.7. The second kappa shape index (κ2) is 6.27. The molecule has 25 heavy (non-hydrogen) atoms. The van der Waals surface area contributed by atoms with Crippen molar-refractivity contribution in [3.8, 4) is 11.4 Å². The topological polar surface area (TPSA) is 110 Å². The number of benzene rings is 1. The van der Waals surface area contributed by atoms with Gasteiger partial charge in [0, 0.05) is 12.1 Å². The maximum absolute atomic E-state index is 12.7. The van der Waals surface area contributed by atoms with Crippen molar-refractivity contribution in [1.29, 1.82) is 0 Å². The summed E-state index contributed by atoms with van der Waals surface area (Å²) in [6, 6.07) is 7.60. The first-order valence-corrected chi connectivity index (χ1v) is 8.49. The molecule has 1 amide bonds. The fourth-order valence-corrected chi connectivity index (χ4v) is 3.86. The van der Waals surface area contributed by atoms with Gasteiger partial charge < -0.3 is 10.1 Å². The first-order chi connectivity index (χ1) is 12.2. The minimum absolute atomic E-state index is 0.113. The van der Waals surface area contributed by atoms with Crippen molar-refractivity contribution >= 4 is 11.9 Å². The zero-order chi connectivity index (χ0) is 17.3. The van der Waals surface area contributed by atoms with Crippen LogP contribution in [0.5, 0.6) is 0 Å². The fourth-order valence-electron chi connectivity index (χ4n) is 3.86. The maximum atomic E-state index is 12.7. The normalized spacial score (nSPS) is 21.4. The number of hydrogen-bond donors (Lipinski definition) is 2. The Morgan fingerprint density at radius 2 is 2.20 bits per heavy atom. The van der Waals surface area contributed by atoms with Gasteiger partial charge in [0.15, 0.2) is 0 Å². The molecule has 0 bridgehead atoms. The van der Waals surface area contributed by atoms with E-state index in [1.165, 1.54) is 0 Å². The Kier molecular flexibility index (Phi) is 3.95. The Balaban J connectivity index is 1.44. The molecule has 130 valence electrons. The van der Waals surface area contributed by atoms with E-state index in [0.29, 0.717) is 12.4 Å². The number of amides is 1. The molecule has 2 aliphatic rings. The monoisotopic (exact) mass is 341 g/mol. The third-order valence-corrected chi connectivity index (χ3v) is 5.09. The van der Waals surface area contributed by atoms with E-state index in [2.05, 4.69) is 25.9 Å². The van der Waals surface area contributed by atoms with E-state index in [0.717, 1.165) is 36.8 Å². The first kappa shape index (κ1) is 15.7. The lowest BCUT2D eigenvalue weighted by Crippen LogP contribution is -2.42. The lowest BCUT2D eigenvalue weighted by atomic mass is 9.85. The van der Waals surface area contributed by atoms with Crippen LogP contribution in [0.25, 0.3) is 11.4 Å². The summed E-state index contributed by atoms with van der Waals surface area (Å²) in [4.78, 5) is 24.4. The molecule has 1 saturated carbocycles. The molecule has 4 rings (SSSR count). The number of nitrogens with one attached hydrogen (secondary N) is 2. The van der Waals surface area contributed by atoms with E-state index >= 15 is 0 Å². The highest BCUT2D eigenvalue weighted by atomic mass is 16.6. The number of aromatic amines is 1. The molecule has 2 fully saturated rings. The summed E-state index contributed by atoms with van der Waals surface area (Å²) in [5.41, 5.74) is 1.18. The second-order valence-corrected chi connectivity index (χ2v) is 6.66. The van der Waals surface area contributed by atoms with Crippen molar-refractivity contribution < 1.29 is 14.3 Å². The van der Waals surface area contributed by atoms with Crippen LogP contribution >= 0.6 is 0 Å². The smallest absolute Gasteiger partial charge is 0.307 e. The Labute approximate surface area is 144 Å². The summed E-state index contributed by atoms with van der Waals surface area (Å²) in [5.74, 6) is -0.255. The van der Waals surface area contributed by atoms with Crippen LogP contribution in [-0.4, -0.2) is 38.1 Å². The van der Waals surface area contributed by atoms with Crippen LogP contribution in [0.3, 0.4) is 0 Å². The van der Waals surface area contributed by atoms with Gasteiger partial charge in [-0.3, -0.25) is 9.59 Å². The molecule has 1 aromatic carbocycles. The van der Waals surface area contributed by atoms with Gasteiger partial charge in [-0.05, 0) is 42.5 Å². The molecule has 0 radical (unpaired) electrons. The molecule has 8 heteroatoms. The number of aromatic nitrogens is 4. The van der Waals surface area contributed by atoms with E-state index in [9.17, 15) is 9.59 Å². The van der Waals surface area contributed by atoms with Crippen LogP contribution in [0.1, 0.15) is 37.7 Å². The summed E-state index contributed by atoms with van der Waals surface area (Å²) in [6.45, 7) is 0.380. The van der Waals surface area contributed by atoms with E-state index in [4.69, 9.17) is 4.74 Å². The number of hydrogen-bond acceptors (Lipinski definition) is 6. The average molecular weight is 341 g/mol. The van der Waals surface area contributed by atoms with Gasteiger partial charge in [0.2, 0.25) is 11.7 Å². The Morgan fingerprint density at radius 3 is 2.96 bits per heavy atom. The number of rotatable bonds is 4. The molecule has 1 aliphatic carbocycles. The fraction of sp³-hybridized carbons (Fsp3) is 0.471. The van der Waals surface area contributed by atoms with Gasteiger partial charge in [0.1, 0.15) is 5.60 Å². The van der Waals surface area contributed by atoms with Crippen LogP contribution in [0.4, 0.5) is 0 Å². The Hall–Kier alpha value is -2.77. The quantitative estimate of drug-likeness (QED) is 0.813. The molecule has 1 spiro atoms. The van der Waals surface area contributed by atoms with Crippen molar-refractivity contribution in [3.05, 3.63) is 29.8 Å². The van der Waals surface area contributed by atoms with Crippen molar-refractivity contribution in [2.45, 2.75) is 44.2 Å². The summed E-state index contributed by atoms with van der Waals surface area (Å²) < 4.78 is 5.54. The van der Waals surface area contributed by atoms with Crippen LogP contribution in [0, 0.1) is 5.92 Å². The minimum atomic E-state index is -0.576. The number of nitrogens with zero attached hydrogens (tertiary/aromatic N) is 3. The van der Waals surface area contributed by atoms with Gasteiger partial charge in [0.05, 0.1) is 12.3 Å². The number of tetrazole rings is 1. The predicted octanol–water partition coefficient (Wildman–Crippen LogP) is 1.36. The highest BCUT2D eigenvalue weighted by molar-refractivity contribution is 5.88. The van der Waals surface area contributed by atoms with Gasteiger partial charge in [-0.1, -0.05) is 18.2 Å². The molecule has 2 aromatic rings. The van der Waals surface area contributed by atoms with Crippen molar-refractivity contribution in [3.63, 3.8) is 0 Å². The molecule has 1 saturated heterocycles. The number of H-pyrrole nitrogens is 1. The number of carbonyl (C=O) groups is 2. The Bertz CT molecular complexity index is 783. The summed E-state index contributed by atoms with van der Waals surface area (Å²) in [7, 11) is 0. The molecular weight excluding hydrogens is 322 g/mol. The van der Waals surface area contributed by atoms with Gasteiger partial charge in [-0.25, -0.2) is 0 Å². The molecule has 1 aromatic heterocycles. The molecule has 1 unspecified atom stereocenters. The standard InChI is InChI=1S/C17H19N5O3/c23-14-9-13(17(25-14)6-1-2-7-17)16(24)18-10-11-4-3-5-12(8-11)15-19-21-22-20-15/h3-5,8,13H,1-2,6-7,9-10H2,(H,18,24)(H,19,20,21,22). The van der Waals surface area contributed by atoms with Crippen molar-refractivity contribution in [1.82, 2.24) is 25.9 Å². The molecular formula is C17H19N5O3. The highest BCUT2D eigenvalue weighted by Crippen LogP contribution is 2.45. The van der Waals surface area contributed by atoms with Crippen molar-refractivity contribution in [2.75, 3.05) is 0 Å². The largest absolute Gasteiger partial charge is 0.458 e. The maximum Gasteiger partial charge on any atom is 0.307 e. The van der Waals surface area contributed by atoms with E-state index in [1.807, 2.05) is 24.3 Å². The molecule has 2 heterocycles. The van der Waals surface area contributed by atoms with Gasteiger partial charge >= 0.3 is 5.97 Å². The molecule has 1 aliphatic heterocycles. The highest BCUT2D eigenvalue weighted by Gasteiger charge is 2.53. The van der Waals surface area contributed by atoms with Crippen molar-refractivity contribution in [2.24, 2.45) is 5.92 Å². The number of ether oxygens (including phenoxy) is 1. The summed E-state index contributed by atoms with van der Waals surface area (Å²) >= 11 is 0. The third-order valence-electron chi connectivity index (χ3n) is 5.09. The van der Waals surface area contributed by atoms with Gasteiger partial charge in [0.25, 0.3) is 0 Å². The number of carbonyl (C=O) groups excluding carboxylic acids is 2. The van der Waals surface area contributed by atoms with E-state index in [-0.39, 0.29) is 24.2 Å². The molecule has 1 atom stereocenters. The predicted molar refractivity (Wildman–Crippen MR) is 86.9 cm³/mol. The van der Waals surface area contributed by atoms with Crippen LogP contribution in [0.2, 0.25) is 0 Å². The first-order valence-electron chi connectivity index (χ1n) is 8.49.